The Kier molecular flexibility index (Phi) is 5.77. The van der Waals surface area contributed by atoms with Crippen LogP contribution in [0.3, 0.4) is 0 Å². The minimum absolute atomic E-state index is 0.0888. The van der Waals surface area contributed by atoms with Crippen molar-refractivity contribution in [1.29, 1.82) is 0 Å². The third-order valence-corrected chi connectivity index (χ3v) is 13.4. The Labute approximate surface area is 216 Å². The van der Waals surface area contributed by atoms with Crippen LogP contribution in [0.25, 0.3) is 0 Å². The molecular weight excluding hydrogens is 456 g/mol. The lowest BCUT2D eigenvalue weighted by molar-refractivity contribution is -0.245. The van der Waals surface area contributed by atoms with Gasteiger partial charge in [0.25, 0.3) is 0 Å². The Morgan fingerprint density at radius 3 is 2.17 bits per heavy atom. The number of rotatable bonds is 2. The second-order valence-corrected chi connectivity index (χ2v) is 15.0. The van der Waals surface area contributed by atoms with Gasteiger partial charge in [-0.25, -0.2) is 0 Å². The van der Waals surface area contributed by atoms with Crippen molar-refractivity contribution in [2.45, 2.75) is 111 Å². The molecule has 4 saturated carbocycles. The molecule has 0 aliphatic heterocycles. The predicted molar refractivity (Wildman–Crippen MR) is 137 cm³/mol. The van der Waals surface area contributed by atoms with Gasteiger partial charge in [0.15, 0.2) is 0 Å². The molecule has 0 aromatic carbocycles. The van der Waals surface area contributed by atoms with Crippen LogP contribution in [0.1, 0.15) is 92.9 Å². The fourth-order valence-corrected chi connectivity index (χ4v) is 10.8. The van der Waals surface area contributed by atoms with Crippen LogP contribution in [0.2, 0.25) is 0 Å². The van der Waals surface area contributed by atoms with Gasteiger partial charge in [0.05, 0.1) is 30.3 Å². The largest absolute Gasteiger partial charge is 0.481 e. The standard InChI is InChI=1S/C30H48O6/c1-25(2)11-13-30(24(35)36)14-12-28(5)17(21(30)23(25)34)7-8-20-26(3)15-18(32)22(33)27(4,16-31)19(26)9-10-29(20,28)6/h7,18-23,31-34H,8-16H2,1-6H3,(H,35,36)/t18-,19-,20-,21+,22-,23+,26+,27-,28-,29-,30+/m1/s1. The maximum atomic E-state index is 12.8. The maximum absolute atomic E-state index is 12.8. The van der Waals surface area contributed by atoms with E-state index < -0.39 is 35.1 Å². The van der Waals surface area contributed by atoms with E-state index in [9.17, 15) is 30.3 Å². The quantitative estimate of drug-likeness (QED) is 0.361. The highest BCUT2D eigenvalue weighted by Crippen LogP contribution is 2.75. The first-order chi connectivity index (χ1) is 16.5. The molecule has 0 amide bonds. The first kappa shape index (κ1) is 26.6. The zero-order valence-electron chi connectivity index (χ0n) is 23.0. The second-order valence-electron chi connectivity index (χ2n) is 15.0. The van der Waals surface area contributed by atoms with E-state index in [2.05, 4.69) is 40.7 Å². The van der Waals surface area contributed by atoms with Gasteiger partial charge in [-0.1, -0.05) is 53.2 Å². The van der Waals surface area contributed by atoms with E-state index in [0.29, 0.717) is 25.7 Å². The number of aliphatic carboxylic acids is 1. The highest BCUT2D eigenvalue weighted by molar-refractivity contribution is 5.77. The number of fused-ring (bicyclic) bond motifs is 7. The first-order valence-corrected chi connectivity index (χ1v) is 14.1. The third kappa shape index (κ3) is 2.96. The van der Waals surface area contributed by atoms with Crippen LogP contribution < -0.4 is 0 Å². The summed E-state index contributed by atoms with van der Waals surface area (Å²) in [6.07, 6.45) is 5.48. The van der Waals surface area contributed by atoms with Crippen molar-refractivity contribution in [3.05, 3.63) is 11.6 Å². The lowest BCUT2D eigenvalue weighted by atomic mass is 9.33. The van der Waals surface area contributed by atoms with Gasteiger partial charge in [-0.15, -0.1) is 0 Å². The molecular formula is C30H48O6. The predicted octanol–water partition coefficient (Wildman–Crippen LogP) is 4.15. The summed E-state index contributed by atoms with van der Waals surface area (Å²) in [6.45, 7) is 12.9. The van der Waals surface area contributed by atoms with Gasteiger partial charge in [-0.2, -0.15) is 0 Å². The zero-order chi connectivity index (χ0) is 26.7. The molecule has 4 fully saturated rings. The van der Waals surface area contributed by atoms with E-state index in [0.717, 1.165) is 31.3 Å². The summed E-state index contributed by atoms with van der Waals surface area (Å²) in [6, 6.07) is 0. The SMILES string of the molecule is CC1(C)CC[C@]2(C(=O)O)CC[C@]3(C)C(=CC[C@@H]4[C@@]5(C)C[C@@H](O)[C@@H](O)[C@](C)(CO)[C@@H]5CC[C@]43C)[C@H]2[C@@H]1O. The van der Waals surface area contributed by atoms with Crippen molar-refractivity contribution in [1.82, 2.24) is 0 Å². The molecule has 0 aromatic heterocycles. The van der Waals surface area contributed by atoms with Crippen LogP contribution in [0.4, 0.5) is 0 Å². The van der Waals surface area contributed by atoms with Gasteiger partial charge >= 0.3 is 5.97 Å². The molecule has 0 spiro atoms. The molecule has 0 saturated heterocycles. The van der Waals surface area contributed by atoms with Crippen LogP contribution in [-0.2, 0) is 4.79 Å². The molecule has 5 aliphatic rings. The molecule has 5 N–H and O–H groups in total. The molecule has 0 aromatic rings. The Balaban J connectivity index is 1.63. The molecule has 11 atom stereocenters. The first-order valence-electron chi connectivity index (χ1n) is 14.1. The van der Waals surface area contributed by atoms with Crippen LogP contribution in [0, 0.1) is 50.2 Å². The average Bonchev–Trinajstić information content (AvgIpc) is 2.80. The summed E-state index contributed by atoms with van der Waals surface area (Å²) in [7, 11) is 0. The van der Waals surface area contributed by atoms with Crippen molar-refractivity contribution >= 4 is 5.97 Å². The summed E-state index contributed by atoms with van der Waals surface area (Å²) in [5.74, 6) is -0.833. The molecule has 5 aliphatic carbocycles. The summed E-state index contributed by atoms with van der Waals surface area (Å²) < 4.78 is 0. The fourth-order valence-electron chi connectivity index (χ4n) is 10.8. The van der Waals surface area contributed by atoms with E-state index >= 15 is 0 Å². The Bertz CT molecular complexity index is 974. The number of aliphatic hydroxyl groups is 4. The summed E-state index contributed by atoms with van der Waals surface area (Å²) >= 11 is 0. The number of carboxylic acid groups (broad SMARTS) is 1. The summed E-state index contributed by atoms with van der Waals surface area (Å²) in [5.41, 5.74) is -1.50. The highest BCUT2D eigenvalue weighted by Gasteiger charge is 2.71. The van der Waals surface area contributed by atoms with Gasteiger partial charge in [-0.05, 0) is 84.9 Å². The third-order valence-electron chi connectivity index (χ3n) is 13.4. The monoisotopic (exact) mass is 504 g/mol. The normalized spacial score (nSPS) is 55.9. The molecule has 0 heterocycles. The van der Waals surface area contributed by atoms with Gasteiger partial charge in [-0.3, -0.25) is 4.79 Å². The summed E-state index contributed by atoms with van der Waals surface area (Å²) in [5, 5.41) is 54.5. The lowest BCUT2D eigenvalue weighted by Crippen LogP contribution is -2.69. The molecule has 0 radical (unpaired) electrons. The topological polar surface area (TPSA) is 118 Å². The smallest absolute Gasteiger partial charge is 0.310 e. The Morgan fingerprint density at radius 1 is 0.917 bits per heavy atom. The highest BCUT2D eigenvalue weighted by atomic mass is 16.4. The number of hydrogen-bond donors (Lipinski definition) is 5. The maximum Gasteiger partial charge on any atom is 0.310 e. The number of carbonyl (C=O) groups is 1. The van der Waals surface area contributed by atoms with Crippen LogP contribution in [0.5, 0.6) is 0 Å². The molecule has 0 unspecified atom stereocenters. The number of allylic oxidation sites excluding steroid dienone is 1. The van der Waals surface area contributed by atoms with Crippen molar-refractivity contribution in [2.75, 3.05) is 6.61 Å². The van der Waals surface area contributed by atoms with Gasteiger partial charge < -0.3 is 25.5 Å². The minimum Gasteiger partial charge on any atom is -0.481 e. The van der Waals surface area contributed by atoms with E-state index in [1.807, 2.05) is 6.92 Å². The van der Waals surface area contributed by atoms with E-state index in [4.69, 9.17) is 0 Å². The van der Waals surface area contributed by atoms with Crippen molar-refractivity contribution in [3.8, 4) is 0 Å². The molecule has 36 heavy (non-hydrogen) atoms. The molecule has 0 bridgehead atoms. The molecule has 6 heteroatoms. The van der Waals surface area contributed by atoms with Gasteiger partial charge in [0.1, 0.15) is 0 Å². The lowest BCUT2D eigenvalue weighted by Gasteiger charge is -2.71. The molecule has 5 rings (SSSR count). The Morgan fingerprint density at radius 2 is 1.56 bits per heavy atom. The average molecular weight is 505 g/mol. The molecule has 204 valence electrons. The molecule has 6 nitrogen and oxygen atoms in total. The number of hydrogen-bond acceptors (Lipinski definition) is 5. The minimum atomic E-state index is -0.944. The van der Waals surface area contributed by atoms with Crippen molar-refractivity contribution in [3.63, 3.8) is 0 Å². The van der Waals surface area contributed by atoms with E-state index in [1.165, 1.54) is 0 Å². The van der Waals surface area contributed by atoms with Gasteiger partial charge in [0, 0.05) is 11.3 Å². The summed E-state index contributed by atoms with van der Waals surface area (Å²) in [4.78, 5) is 12.8. The van der Waals surface area contributed by atoms with Crippen LogP contribution in [0.15, 0.2) is 11.6 Å². The van der Waals surface area contributed by atoms with Crippen molar-refractivity contribution < 1.29 is 30.3 Å². The van der Waals surface area contributed by atoms with E-state index in [1.54, 1.807) is 0 Å². The second kappa shape index (κ2) is 7.80. The van der Waals surface area contributed by atoms with E-state index in [-0.39, 0.29) is 46.0 Å². The number of carboxylic acids is 1. The van der Waals surface area contributed by atoms with Crippen molar-refractivity contribution in [2.24, 2.45) is 50.2 Å². The van der Waals surface area contributed by atoms with Gasteiger partial charge in [0.2, 0.25) is 0 Å². The Hall–Kier alpha value is -0.950. The fraction of sp³-hybridized carbons (Fsp3) is 0.900. The zero-order valence-corrected chi connectivity index (χ0v) is 23.0. The number of aliphatic hydroxyl groups excluding tert-OH is 4. The van der Waals surface area contributed by atoms with Crippen LogP contribution >= 0.6 is 0 Å². The van der Waals surface area contributed by atoms with Crippen LogP contribution in [-0.4, -0.2) is 56.4 Å².